The van der Waals surface area contributed by atoms with Crippen LogP contribution in [0.3, 0.4) is 0 Å². The summed E-state index contributed by atoms with van der Waals surface area (Å²) in [6, 6.07) is 20.6. The molecule has 0 atom stereocenters. The second-order valence-electron chi connectivity index (χ2n) is 5.71. The molecule has 0 saturated carbocycles. The molecule has 0 N–H and O–H groups in total. The Kier molecular flexibility index (Phi) is 6.37. The maximum Gasteiger partial charge on any atom is 0.0956 e. The molecule has 0 fully saturated rings. The van der Waals surface area contributed by atoms with Crippen LogP contribution in [0.25, 0.3) is 12.2 Å². The van der Waals surface area contributed by atoms with Crippen molar-refractivity contribution in [3.8, 4) is 0 Å². The molecule has 3 rings (SSSR count). The van der Waals surface area contributed by atoms with Gasteiger partial charge in [0.05, 0.1) is 25.2 Å². The van der Waals surface area contributed by atoms with Crippen molar-refractivity contribution >= 4 is 12.2 Å². The number of nitrogens with zero attached hydrogens (tertiary/aromatic N) is 2. The maximum atomic E-state index is 5.57. The minimum absolute atomic E-state index is 0.574. The van der Waals surface area contributed by atoms with Gasteiger partial charge in [0.25, 0.3) is 0 Å². The number of aromatic nitrogens is 2. The molecule has 2 aromatic carbocycles. The Hall–Kier alpha value is -2.91. The average Bonchev–Trinajstić information content (AvgIpc) is 3.10. The summed E-state index contributed by atoms with van der Waals surface area (Å²) in [6.45, 7) is 2.01. The zero-order valence-electron chi connectivity index (χ0n) is 14.2. The fourth-order valence-electron chi connectivity index (χ4n) is 2.47. The van der Waals surface area contributed by atoms with Gasteiger partial charge in [-0.15, -0.1) is 0 Å². The van der Waals surface area contributed by atoms with Gasteiger partial charge in [-0.05, 0) is 17.2 Å². The van der Waals surface area contributed by atoms with Gasteiger partial charge in [-0.25, -0.2) is 4.98 Å². The Balaban J connectivity index is 1.39. The highest BCUT2D eigenvalue weighted by Crippen LogP contribution is 2.05. The predicted octanol–water partition coefficient (Wildman–Crippen LogP) is 4.67. The topological polar surface area (TPSA) is 27.1 Å². The molecule has 25 heavy (non-hydrogen) atoms. The van der Waals surface area contributed by atoms with E-state index < -0.39 is 0 Å². The smallest absolute Gasteiger partial charge is 0.0956 e. The Labute approximate surface area is 148 Å². The third-order valence-corrected chi connectivity index (χ3v) is 3.69. The highest BCUT2D eigenvalue weighted by Gasteiger charge is 1.96. The summed E-state index contributed by atoms with van der Waals surface area (Å²) < 4.78 is 7.65. The molecular formula is C22H22N2O. The quantitative estimate of drug-likeness (QED) is 0.561. The summed E-state index contributed by atoms with van der Waals surface area (Å²) in [5.41, 5.74) is 3.40. The molecule has 0 aliphatic carbocycles. The van der Waals surface area contributed by atoms with E-state index in [1.54, 1.807) is 0 Å². The van der Waals surface area contributed by atoms with Crippen molar-refractivity contribution < 1.29 is 4.74 Å². The van der Waals surface area contributed by atoms with Gasteiger partial charge < -0.3 is 9.30 Å². The van der Waals surface area contributed by atoms with E-state index in [-0.39, 0.29) is 0 Å². The molecule has 1 heterocycles. The third kappa shape index (κ3) is 5.90. The Morgan fingerprint density at radius 3 is 2.28 bits per heavy atom. The number of hydrogen-bond acceptors (Lipinski definition) is 2. The molecule has 3 nitrogen and oxygen atoms in total. The third-order valence-electron chi connectivity index (χ3n) is 3.69. The fraction of sp³-hybridized carbons (Fsp3) is 0.136. The summed E-state index contributed by atoms with van der Waals surface area (Å²) in [7, 11) is 0. The van der Waals surface area contributed by atoms with E-state index in [0.717, 1.165) is 12.2 Å². The van der Waals surface area contributed by atoms with Crippen molar-refractivity contribution in [1.82, 2.24) is 9.55 Å². The van der Waals surface area contributed by atoms with Crippen LogP contribution >= 0.6 is 0 Å². The minimum atomic E-state index is 0.574. The molecular weight excluding hydrogens is 308 g/mol. The Morgan fingerprint density at radius 2 is 1.52 bits per heavy atom. The van der Waals surface area contributed by atoms with Crippen molar-refractivity contribution in [2.24, 2.45) is 0 Å². The van der Waals surface area contributed by atoms with E-state index in [1.807, 2.05) is 55.0 Å². The van der Waals surface area contributed by atoms with Crippen LogP contribution in [0.5, 0.6) is 0 Å². The largest absolute Gasteiger partial charge is 0.373 e. The summed E-state index contributed by atoms with van der Waals surface area (Å²) in [4.78, 5) is 4.39. The molecule has 0 spiro atoms. The Morgan fingerprint density at radius 1 is 0.840 bits per heavy atom. The van der Waals surface area contributed by atoms with Gasteiger partial charge in [0.2, 0.25) is 0 Å². The molecule has 0 aliphatic heterocycles. The summed E-state index contributed by atoms with van der Waals surface area (Å²) >= 11 is 0. The molecule has 0 radical (unpaired) electrons. The van der Waals surface area contributed by atoms with Crippen molar-refractivity contribution in [3.63, 3.8) is 0 Å². The molecule has 0 bridgehead atoms. The first-order valence-electron chi connectivity index (χ1n) is 8.42. The summed E-state index contributed by atoms with van der Waals surface area (Å²) in [6.07, 6.45) is 12.0. The number of hydrogen-bond donors (Lipinski definition) is 0. The van der Waals surface area contributed by atoms with Crippen molar-refractivity contribution in [1.29, 1.82) is 0 Å². The Bertz CT molecular complexity index is 804. The predicted molar refractivity (Wildman–Crippen MR) is 103 cm³/mol. The second kappa shape index (κ2) is 9.40. The molecule has 3 heteroatoms. The average molecular weight is 330 g/mol. The van der Waals surface area contributed by atoms with Crippen molar-refractivity contribution in [3.05, 3.63) is 102 Å². The SMILES string of the molecule is C(=C\c1ccccc1)/COC/C=C/c1cn(Cc2ccccc2)cn1. The van der Waals surface area contributed by atoms with Crippen molar-refractivity contribution in [2.75, 3.05) is 13.2 Å². The van der Waals surface area contributed by atoms with E-state index in [2.05, 4.69) is 52.0 Å². The lowest BCUT2D eigenvalue weighted by Gasteiger charge is -2.00. The van der Waals surface area contributed by atoms with Gasteiger partial charge in [-0.1, -0.05) is 78.9 Å². The van der Waals surface area contributed by atoms with Gasteiger partial charge in [0.1, 0.15) is 0 Å². The van der Waals surface area contributed by atoms with Gasteiger partial charge in [0.15, 0.2) is 0 Å². The van der Waals surface area contributed by atoms with Crippen LogP contribution in [0.15, 0.2) is 85.3 Å². The number of imidazole rings is 1. The van der Waals surface area contributed by atoms with Crippen LogP contribution in [-0.2, 0) is 11.3 Å². The summed E-state index contributed by atoms with van der Waals surface area (Å²) in [5, 5.41) is 0. The minimum Gasteiger partial charge on any atom is -0.373 e. The van der Waals surface area contributed by atoms with E-state index in [0.29, 0.717) is 13.2 Å². The standard InChI is InChI=1S/C22H22N2O/c1-3-9-20(10-4-1)13-7-15-25-16-8-14-22-18-24(19-23-22)17-21-11-5-2-6-12-21/h1-14,18-19H,15-17H2/b13-7+,14-8+. The van der Waals surface area contributed by atoms with E-state index >= 15 is 0 Å². The number of benzene rings is 2. The van der Waals surface area contributed by atoms with Crippen LogP contribution < -0.4 is 0 Å². The molecule has 3 aromatic rings. The highest BCUT2D eigenvalue weighted by molar-refractivity contribution is 5.48. The van der Waals surface area contributed by atoms with Crippen molar-refractivity contribution in [2.45, 2.75) is 6.54 Å². The first kappa shape index (κ1) is 16.9. The van der Waals surface area contributed by atoms with Gasteiger partial charge in [0, 0.05) is 12.7 Å². The lowest BCUT2D eigenvalue weighted by molar-refractivity contribution is 0.195. The molecule has 0 unspecified atom stereocenters. The first-order chi connectivity index (χ1) is 12.4. The fourth-order valence-corrected chi connectivity index (χ4v) is 2.47. The number of rotatable bonds is 8. The van der Waals surface area contributed by atoms with Crippen LogP contribution in [0.2, 0.25) is 0 Å². The van der Waals surface area contributed by atoms with E-state index in [9.17, 15) is 0 Å². The first-order valence-corrected chi connectivity index (χ1v) is 8.42. The van der Waals surface area contributed by atoms with Crippen LogP contribution in [0.4, 0.5) is 0 Å². The lowest BCUT2D eigenvalue weighted by atomic mass is 10.2. The lowest BCUT2D eigenvalue weighted by Crippen LogP contribution is -1.95. The van der Waals surface area contributed by atoms with E-state index in [1.165, 1.54) is 11.1 Å². The van der Waals surface area contributed by atoms with Gasteiger partial charge >= 0.3 is 0 Å². The monoisotopic (exact) mass is 330 g/mol. The summed E-state index contributed by atoms with van der Waals surface area (Å²) in [5.74, 6) is 0. The maximum absolute atomic E-state index is 5.57. The highest BCUT2D eigenvalue weighted by atomic mass is 16.5. The zero-order chi connectivity index (χ0) is 17.2. The van der Waals surface area contributed by atoms with E-state index in [4.69, 9.17) is 4.74 Å². The van der Waals surface area contributed by atoms with Gasteiger partial charge in [-0.3, -0.25) is 0 Å². The van der Waals surface area contributed by atoms with Crippen LogP contribution in [0.1, 0.15) is 16.8 Å². The molecule has 0 aliphatic rings. The molecule has 1 aromatic heterocycles. The second-order valence-corrected chi connectivity index (χ2v) is 5.71. The van der Waals surface area contributed by atoms with Gasteiger partial charge in [-0.2, -0.15) is 0 Å². The molecule has 0 saturated heterocycles. The number of ether oxygens (including phenoxy) is 1. The molecule has 0 amide bonds. The normalized spacial score (nSPS) is 11.5. The zero-order valence-corrected chi connectivity index (χ0v) is 14.2. The van der Waals surface area contributed by atoms with Crippen LogP contribution in [-0.4, -0.2) is 22.8 Å². The molecule has 126 valence electrons. The van der Waals surface area contributed by atoms with Crippen LogP contribution in [0, 0.1) is 0 Å².